The predicted octanol–water partition coefficient (Wildman–Crippen LogP) is -0.731. The van der Waals surface area contributed by atoms with Gasteiger partial charge in [0.25, 0.3) is 0 Å². The molecule has 1 amide bonds. The first kappa shape index (κ1) is 14.8. The van der Waals surface area contributed by atoms with Crippen molar-refractivity contribution in [3.8, 4) is 6.07 Å². The van der Waals surface area contributed by atoms with Gasteiger partial charge in [-0.15, -0.1) is 0 Å². The Bertz CT molecular complexity index is 216. The summed E-state index contributed by atoms with van der Waals surface area (Å²) in [6, 6.07) is 1.84. The fraction of sp³-hybridized carbons (Fsp3) is 0.800. The average Bonchev–Trinajstić information content (AvgIpc) is 2.30. The van der Waals surface area contributed by atoms with Crippen LogP contribution in [0.5, 0.6) is 0 Å². The molecule has 0 aromatic carbocycles. The molecule has 0 rings (SSSR count). The predicted molar refractivity (Wildman–Crippen MR) is 58.8 cm³/mol. The Morgan fingerprint density at radius 3 is 2.88 bits per heavy atom. The third kappa shape index (κ3) is 10.9. The number of nitrogens with zero attached hydrogens (tertiary/aromatic N) is 1. The molecule has 0 aliphatic heterocycles. The van der Waals surface area contributed by atoms with Crippen LogP contribution in [0.15, 0.2) is 0 Å². The van der Waals surface area contributed by atoms with Crippen molar-refractivity contribution in [3.63, 3.8) is 0 Å². The lowest BCUT2D eigenvalue weighted by atomic mass is 10.4. The van der Waals surface area contributed by atoms with E-state index in [0.717, 1.165) is 6.42 Å². The molecule has 0 bridgehead atoms. The van der Waals surface area contributed by atoms with Gasteiger partial charge in [0.05, 0.1) is 25.8 Å². The molecule has 0 aliphatic rings. The summed E-state index contributed by atoms with van der Waals surface area (Å²) < 4.78 is 10.1. The molecule has 0 aromatic rings. The van der Waals surface area contributed by atoms with Gasteiger partial charge in [0, 0.05) is 13.7 Å². The van der Waals surface area contributed by atoms with Crippen molar-refractivity contribution in [3.05, 3.63) is 0 Å². The van der Waals surface area contributed by atoms with E-state index in [4.69, 9.17) is 14.7 Å². The van der Waals surface area contributed by atoms with E-state index in [1.807, 2.05) is 6.07 Å². The van der Waals surface area contributed by atoms with Gasteiger partial charge < -0.3 is 20.1 Å². The van der Waals surface area contributed by atoms with Gasteiger partial charge in [0.2, 0.25) is 5.91 Å². The molecule has 0 fully saturated rings. The van der Waals surface area contributed by atoms with Crippen LogP contribution >= 0.6 is 0 Å². The Hall–Kier alpha value is -1.16. The molecule has 0 radical (unpaired) electrons. The molecule has 0 aromatic heterocycles. The molecule has 16 heavy (non-hydrogen) atoms. The van der Waals surface area contributed by atoms with Crippen molar-refractivity contribution in [2.24, 2.45) is 0 Å². The summed E-state index contributed by atoms with van der Waals surface area (Å²) >= 11 is 0. The lowest BCUT2D eigenvalue weighted by Gasteiger charge is -2.05. The monoisotopic (exact) mass is 229 g/mol. The van der Waals surface area contributed by atoms with Gasteiger partial charge in [-0.25, -0.2) is 0 Å². The second kappa shape index (κ2) is 11.9. The lowest BCUT2D eigenvalue weighted by molar-refractivity contribution is -0.120. The van der Waals surface area contributed by atoms with E-state index >= 15 is 0 Å². The number of nitriles is 1. The maximum Gasteiger partial charge on any atom is 0.234 e. The van der Waals surface area contributed by atoms with Crippen molar-refractivity contribution in [1.82, 2.24) is 10.6 Å². The molecular formula is C10H19N3O3. The van der Waals surface area contributed by atoms with E-state index < -0.39 is 0 Å². The lowest BCUT2D eigenvalue weighted by Crippen LogP contribution is -2.34. The largest absolute Gasteiger partial charge is 0.382 e. The van der Waals surface area contributed by atoms with E-state index in [1.54, 1.807) is 7.11 Å². The summed E-state index contributed by atoms with van der Waals surface area (Å²) in [6.07, 6.45) is 0.843. The summed E-state index contributed by atoms with van der Waals surface area (Å²) in [5.74, 6) is -0.165. The van der Waals surface area contributed by atoms with Crippen LogP contribution in [-0.4, -0.2) is 52.5 Å². The number of nitrogens with one attached hydrogen (secondary N) is 2. The Labute approximate surface area is 95.9 Å². The molecule has 6 nitrogen and oxygen atoms in total. The van der Waals surface area contributed by atoms with Gasteiger partial charge in [0.15, 0.2) is 0 Å². The molecule has 0 unspecified atom stereocenters. The van der Waals surface area contributed by atoms with Crippen molar-refractivity contribution >= 4 is 5.91 Å². The Morgan fingerprint density at radius 1 is 1.38 bits per heavy atom. The van der Waals surface area contributed by atoms with Crippen LogP contribution < -0.4 is 10.6 Å². The highest BCUT2D eigenvalue weighted by molar-refractivity contribution is 5.78. The second-order valence-corrected chi connectivity index (χ2v) is 3.07. The first-order valence-corrected chi connectivity index (χ1v) is 5.22. The molecule has 0 saturated carbocycles. The third-order valence-electron chi connectivity index (χ3n) is 1.72. The summed E-state index contributed by atoms with van der Waals surface area (Å²) in [5, 5.41) is 13.6. The topological polar surface area (TPSA) is 83.4 Å². The Kier molecular flexibility index (Phi) is 11.0. The summed E-state index contributed by atoms with van der Waals surface area (Å²) in [5.41, 5.74) is 0. The van der Waals surface area contributed by atoms with Crippen molar-refractivity contribution in [2.75, 3.05) is 46.6 Å². The standard InChI is InChI=1S/C10H19N3O3/c1-15-7-8-16-6-2-4-12-9-10(14)13-5-3-11/h12H,2,4-9H2,1H3,(H,13,14). The molecule has 0 atom stereocenters. The van der Waals surface area contributed by atoms with E-state index in [-0.39, 0.29) is 19.0 Å². The highest BCUT2D eigenvalue weighted by Crippen LogP contribution is 1.81. The average molecular weight is 229 g/mol. The minimum Gasteiger partial charge on any atom is -0.382 e. The number of rotatable bonds is 10. The maximum atomic E-state index is 11.0. The second-order valence-electron chi connectivity index (χ2n) is 3.07. The van der Waals surface area contributed by atoms with Crippen LogP contribution in [0.25, 0.3) is 0 Å². The van der Waals surface area contributed by atoms with Gasteiger partial charge in [-0.3, -0.25) is 4.79 Å². The number of amides is 1. The van der Waals surface area contributed by atoms with Gasteiger partial charge in [-0.2, -0.15) is 5.26 Å². The zero-order valence-electron chi connectivity index (χ0n) is 9.62. The van der Waals surface area contributed by atoms with Crippen LogP contribution in [0, 0.1) is 11.3 Å². The van der Waals surface area contributed by atoms with Crippen LogP contribution in [-0.2, 0) is 14.3 Å². The number of carbonyl (C=O) groups is 1. The first-order chi connectivity index (χ1) is 7.81. The Balaban J connectivity index is 3.09. The fourth-order valence-corrected chi connectivity index (χ4v) is 0.946. The minimum absolute atomic E-state index is 0.0562. The zero-order chi connectivity index (χ0) is 12.1. The molecule has 6 heteroatoms. The minimum atomic E-state index is -0.165. The zero-order valence-corrected chi connectivity index (χ0v) is 9.62. The molecule has 0 aliphatic carbocycles. The van der Waals surface area contributed by atoms with E-state index in [1.165, 1.54) is 0 Å². The van der Waals surface area contributed by atoms with E-state index in [2.05, 4.69) is 10.6 Å². The van der Waals surface area contributed by atoms with Gasteiger partial charge in [0.1, 0.15) is 6.54 Å². The number of methoxy groups -OCH3 is 1. The number of hydrogen-bond acceptors (Lipinski definition) is 5. The molecule has 2 N–H and O–H groups in total. The quantitative estimate of drug-likeness (QED) is 0.381. The number of carbonyl (C=O) groups excluding carboxylic acids is 1. The molecule has 92 valence electrons. The number of hydrogen-bond donors (Lipinski definition) is 2. The van der Waals surface area contributed by atoms with Crippen LogP contribution in [0.1, 0.15) is 6.42 Å². The summed E-state index contributed by atoms with van der Waals surface area (Å²) in [7, 11) is 1.63. The van der Waals surface area contributed by atoms with E-state index in [9.17, 15) is 4.79 Å². The van der Waals surface area contributed by atoms with Crippen molar-refractivity contribution in [2.45, 2.75) is 6.42 Å². The number of ether oxygens (including phenoxy) is 2. The molecule has 0 saturated heterocycles. The fourth-order valence-electron chi connectivity index (χ4n) is 0.946. The van der Waals surface area contributed by atoms with Crippen LogP contribution in [0.4, 0.5) is 0 Å². The van der Waals surface area contributed by atoms with Crippen LogP contribution in [0.2, 0.25) is 0 Å². The van der Waals surface area contributed by atoms with Gasteiger partial charge in [-0.1, -0.05) is 0 Å². The van der Waals surface area contributed by atoms with Gasteiger partial charge >= 0.3 is 0 Å². The summed E-state index contributed by atoms with van der Waals surface area (Å²) in [4.78, 5) is 11.0. The highest BCUT2D eigenvalue weighted by Gasteiger charge is 1.98. The Morgan fingerprint density at radius 2 is 2.19 bits per heavy atom. The summed E-state index contributed by atoms with van der Waals surface area (Å²) in [6.45, 7) is 2.85. The normalized spacial score (nSPS) is 9.75. The SMILES string of the molecule is COCCOCCCNCC(=O)NCC#N. The first-order valence-electron chi connectivity index (χ1n) is 5.22. The third-order valence-corrected chi connectivity index (χ3v) is 1.72. The smallest absolute Gasteiger partial charge is 0.234 e. The molecule has 0 heterocycles. The van der Waals surface area contributed by atoms with Crippen molar-refractivity contribution < 1.29 is 14.3 Å². The van der Waals surface area contributed by atoms with Gasteiger partial charge in [-0.05, 0) is 13.0 Å². The van der Waals surface area contributed by atoms with Crippen LogP contribution in [0.3, 0.4) is 0 Å². The van der Waals surface area contributed by atoms with E-state index in [0.29, 0.717) is 26.4 Å². The van der Waals surface area contributed by atoms with Crippen molar-refractivity contribution in [1.29, 1.82) is 5.26 Å². The maximum absolute atomic E-state index is 11.0. The highest BCUT2D eigenvalue weighted by atomic mass is 16.5. The molecule has 0 spiro atoms. The molecular weight excluding hydrogens is 210 g/mol.